The molecule has 0 unspecified atom stereocenters. The van der Waals surface area contributed by atoms with Crippen LogP contribution in [0.4, 0.5) is 13.2 Å². The lowest BCUT2D eigenvalue weighted by molar-refractivity contribution is -0.137. The van der Waals surface area contributed by atoms with Crippen LogP contribution in [0.25, 0.3) is 0 Å². The summed E-state index contributed by atoms with van der Waals surface area (Å²) in [6.07, 6.45) is -4.28. The van der Waals surface area contributed by atoms with Crippen LogP contribution in [0.3, 0.4) is 0 Å². The van der Waals surface area contributed by atoms with Crippen molar-refractivity contribution in [1.29, 1.82) is 0 Å². The van der Waals surface area contributed by atoms with E-state index in [1.54, 1.807) is 6.07 Å². The van der Waals surface area contributed by atoms with E-state index in [2.05, 4.69) is 5.32 Å². The molecule has 18 heavy (non-hydrogen) atoms. The summed E-state index contributed by atoms with van der Waals surface area (Å²) in [5.41, 5.74) is -0.214. The Morgan fingerprint density at radius 2 is 1.67 bits per heavy atom. The van der Waals surface area contributed by atoms with Crippen molar-refractivity contribution < 1.29 is 13.2 Å². The predicted molar refractivity (Wildman–Crippen MR) is 67.6 cm³/mol. The van der Waals surface area contributed by atoms with Crippen molar-refractivity contribution in [2.75, 3.05) is 6.54 Å². The van der Waals surface area contributed by atoms with Crippen molar-refractivity contribution >= 4 is 0 Å². The third-order valence-corrected chi connectivity index (χ3v) is 2.92. The van der Waals surface area contributed by atoms with Gasteiger partial charge in [-0.2, -0.15) is 13.2 Å². The Kier molecular flexibility index (Phi) is 4.43. The van der Waals surface area contributed by atoms with E-state index in [9.17, 15) is 13.2 Å². The molecule has 0 saturated carbocycles. The van der Waals surface area contributed by atoms with Crippen molar-refractivity contribution in [2.45, 2.75) is 45.3 Å². The minimum atomic E-state index is -4.28. The van der Waals surface area contributed by atoms with Gasteiger partial charge in [0.2, 0.25) is 0 Å². The van der Waals surface area contributed by atoms with Crippen LogP contribution >= 0.6 is 0 Å². The summed E-state index contributed by atoms with van der Waals surface area (Å²) in [4.78, 5) is 0. The van der Waals surface area contributed by atoms with E-state index in [0.717, 1.165) is 6.07 Å². The summed E-state index contributed by atoms with van der Waals surface area (Å²) in [5, 5.41) is 3.26. The zero-order chi connectivity index (χ0) is 14.0. The van der Waals surface area contributed by atoms with Gasteiger partial charge in [-0.05, 0) is 11.6 Å². The Morgan fingerprint density at radius 1 is 1.11 bits per heavy atom. The van der Waals surface area contributed by atoms with E-state index in [4.69, 9.17) is 0 Å². The molecule has 0 radical (unpaired) electrons. The van der Waals surface area contributed by atoms with Crippen LogP contribution in [0.5, 0.6) is 0 Å². The molecule has 102 valence electrons. The monoisotopic (exact) mass is 259 g/mol. The van der Waals surface area contributed by atoms with Gasteiger partial charge in [0.15, 0.2) is 0 Å². The molecule has 0 spiro atoms. The second-order valence-corrected chi connectivity index (χ2v) is 5.50. The zero-order valence-corrected chi connectivity index (χ0v) is 11.2. The molecular formula is C14H20F3N. The Balaban J connectivity index is 2.95. The van der Waals surface area contributed by atoms with Crippen molar-refractivity contribution in [3.8, 4) is 0 Å². The highest BCUT2D eigenvalue weighted by atomic mass is 19.4. The summed E-state index contributed by atoms with van der Waals surface area (Å²) in [6, 6.07) is 5.87. The van der Waals surface area contributed by atoms with Crippen molar-refractivity contribution in [3.05, 3.63) is 35.4 Å². The lowest BCUT2D eigenvalue weighted by Gasteiger charge is -2.27. The van der Waals surface area contributed by atoms with Crippen LogP contribution in [0, 0.1) is 0 Å². The highest BCUT2D eigenvalue weighted by Crippen LogP contribution is 2.32. The number of nitrogens with one attached hydrogen (secondary N) is 1. The molecule has 0 heterocycles. The molecule has 0 bridgehead atoms. The van der Waals surface area contributed by atoms with E-state index in [1.807, 2.05) is 27.7 Å². The van der Waals surface area contributed by atoms with E-state index in [1.165, 1.54) is 12.1 Å². The molecule has 0 aliphatic rings. The number of alkyl halides is 3. The van der Waals surface area contributed by atoms with Crippen molar-refractivity contribution in [1.82, 2.24) is 5.32 Å². The second kappa shape index (κ2) is 5.31. The normalized spacial score (nSPS) is 13.1. The highest BCUT2D eigenvalue weighted by molar-refractivity contribution is 5.31. The van der Waals surface area contributed by atoms with Crippen LogP contribution in [-0.4, -0.2) is 12.6 Å². The molecule has 1 aromatic rings. The molecular weight excluding hydrogens is 239 g/mol. The Morgan fingerprint density at radius 3 is 2.17 bits per heavy atom. The first-order valence-electron chi connectivity index (χ1n) is 6.04. The van der Waals surface area contributed by atoms with Gasteiger partial charge in [-0.3, -0.25) is 0 Å². The van der Waals surface area contributed by atoms with Crippen molar-refractivity contribution in [2.24, 2.45) is 0 Å². The van der Waals surface area contributed by atoms with Gasteiger partial charge in [0.05, 0.1) is 5.56 Å². The molecule has 0 aromatic heterocycles. The molecule has 1 aromatic carbocycles. The molecule has 0 saturated heterocycles. The molecule has 0 aliphatic heterocycles. The fourth-order valence-electron chi connectivity index (χ4n) is 1.68. The van der Waals surface area contributed by atoms with Crippen LogP contribution in [-0.2, 0) is 11.6 Å². The van der Waals surface area contributed by atoms with E-state index in [0.29, 0.717) is 18.2 Å². The van der Waals surface area contributed by atoms with Crippen LogP contribution in [0.2, 0.25) is 0 Å². The van der Waals surface area contributed by atoms with E-state index in [-0.39, 0.29) is 5.41 Å². The number of hydrogen-bond donors (Lipinski definition) is 1. The Labute approximate surface area is 106 Å². The Bertz CT molecular complexity index is 394. The van der Waals surface area contributed by atoms with Crippen LogP contribution in [0.15, 0.2) is 24.3 Å². The molecule has 0 amide bonds. The first-order valence-corrected chi connectivity index (χ1v) is 6.04. The summed E-state index contributed by atoms with van der Waals surface area (Å²) in [5.74, 6) is 0. The molecule has 4 heteroatoms. The van der Waals surface area contributed by atoms with Crippen molar-refractivity contribution in [3.63, 3.8) is 0 Å². The van der Waals surface area contributed by atoms with E-state index >= 15 is 0 Å². The quantitative estimate of drug-likeness (QED) is 0.862. The first kappa shape index (κ1) is 15.0. The molecule has 1 N–H and O–H groups in total. The summed E-state index contributed by atoms with van der Waals surface area (Å²) < 4.78 is 38.0. The maximum atomic E-state index is 12.7. The number of hydrogen-bond acceptors (Lipinski definition) is 1. The molecule has 1 nitrogen and oxygen atoms in total. The molecule has 0 aliphatic carbocycles. The lowest BCUT2D eigenvalue weighted by Crippen LogP contribution is -2.36. The van der Waals surface area contributed by atoms with Gasteiger partial charge >= 0.3 is 6.18 Å². The van der Waals surface area contributed by atoms with Crippen LogP contribution in [0.1, 0.15) is 38.8 Å². The average Bonchev–Trinajstić information content (AvgIpc) is 2.26. The minimum Gasteiger partial charge on any atom is -0.314 e. The SMILES string of the molecule is CC(C)NCC(C)(C)c1cccc(C(F)(F)F)c1. The highest BCUT2D eigenvalue weighted by Gasteiger charge is 2.32. The Hall–Kier alpha value is -1.03. The minimum absolute atomic E-state index is 0.315. The summed E-state index contributed by atoms with van der Waals surface area (Å²) in [7, 11) is 0. The topological polar surface area (TPSA) is 12.0 Å². The van der Waals surface area contributed by atoms with E-state index < -0.39 is 11.7 Å². The predicted octanol–water partition coefficient (Wildman–Crippen LogP) is 3.98. The largest absolute Gasteiger partial charge is 0.416 e. The zero-order valence-electron chi connectivity index (χ0n) is 11.2. The van der Waals surface area contributed by atoms with Gasteiger partial charge in [0.1, 0.15) is 0 Å². The van der Waals surface area contributed by atoms with Gasteiger partial charge in [-0.15, -0.1) is 0 Å². The fourth-order valence-corrected chi connectivity index (χ4v) is 1.68. The fraction of sp³-hybridized carbons (Fsp3) is 0.571. The third kappa shape index (κ3) is 4.02. The maximum absolute atomic E-state index is 12.7. The van der Waals surface area contributed by atoms with Gasteiger partial charge in [-0.1, -0.05) is 45.9 Å². The van der Waals surface area contributed by atoms with Crippen LogP contribution < -0.4 is 5.32 Å². The lowest BCUT2D eigenvalue weighted by atomic mass is 9.83. The number of benzene rings is 1. The first-order chi connectivity index (χ1) is 8.13. The van der Waals surface area contributed by atoms with Gasteiger partial charge < -0.3 is 5.32 Å². The number of rotatable bonds is 4. The standard InChI is InChI=1S/C14H20F3N/c1-10(2)18-9-13(3,4)11-6-5-7-12(8-11)14(15,16)17/h5-8,10,18H,9H2,1-4H3. The molecule has 0 atom stereocenters. The maximum Gasteiger partial charge on any atom is 0.416 e. The number of halogens is 3. The van der Waals surface area contributed by atoms with Gasteiger partial charge in [0.25, 0.3) is 0 Å². The molecule has 1 rings (SSSR count). The smallest absolute Gasteiger partial charge is 0.314 e. The molecule has 0 fully saturated rings. The van der Waals surface area contributed by atoms with Gasteiger partial charge in [-0.25, -0.2) is 0 Å². The second-order valence-electron chi connectivity index (χ2n) is 5.50. The summed E-state index contributed by atoms with van der Waals surface area (Å²) >= 11 is 0. The third-order valence-electron chi connectivity index (χ3n) is 2.92. The van der Waals surface area contributed by atoms with Gasteiger partial charge in [0, 0.05) is 18.0 Å². The average molecular weight is 259 g/mol. The summed E-state index contributed by atoms with van der Waals surface area (Å²) in [6.45, 7) is 8.56.